The fraction of sp³-hybridized carbons (Fsp3) is 0.917. The first-order valence-electron chi connectivity index (χ1n) is 6.32. The van der Waals surface area contributed by atoms with Gasteiger partial charge in [0.25, 0.3) is 0 Å². The summed E-state index contributed by atoms with van der Waals surface area (Å²) >= 11 is 0. The maximum atomic E-state index is 11.8. The van der Waals surface area contributed by atoms with Gasteiger partial charge < -0.3 is 10.6 Å². The fourth-order valence-corrected chi connectivity index (χ4v) is 2.66. The first-order valence-corrected chi connectivity index (χ1v) is 6.32. The Morgan fingerprint density at radius 1 is 1.31 bits per heavy atom. The molecule has 1 saturated carbocycles. The molecule has 1 amide bonds. The van der Waals surface area contributed by atoms with Crippen molar-refractivity contribution < 1.29 is 4.79 Å². The molecule has 0 aromatic carbocycles. The Morgan fingerprint density at radius 3 is 2.56 bits per heavy atom. The lowest BCUT2D eigenvalue weighted by molar-refractivity contribution is -0.127. The molecular weight excluding hydrogens is 224 g/mol. The Balaban J connectivity index is 0.00000128. The van der Waals surface area contributed by atoms with Crippen LogP contribution in [0, 0.1) is 11.8 Å². The van der Waals surface area contributed by atoms with Crippen LogP contribution < -0.4 is 10.6 Å². The molecule has 16 heavy (non-hydrogen) atoms. The molecule has 0 radical (unpaired) electrons. The lowest BCUT2D eigenvalue weighted by Gasteiger charge is -2.34. The van der Waals surface area contributed by atoms with E-state index in [-0.39, 0.29) is 24.2 Å². The van der Waals surface area contributed by atoms with Crippen molar-refractivity contribution in [2.24, 2.45) is 11.8 Å². The van der Waals surface area contributed by atoms with Crippen molar-refractivity contribution in [1.29, 1.82) is 0 Å². The van der Waals surface area contributed by atoms with Crippen molar-refractivity contribution in [3.8, 4) is 0 Å². The first-order chi connectivity index (χ1) is 7.31. The maximum absolute atomic E-state index is 11.8. The Labute approximate surface area is 104 Å². The number of carbonyl (C=O) groups excluding carboxylic acids is 1. The Hall–Kier alpha value is -0.280. The summed E-state index contributed by atoms with van der Waals surface area (Å²) < 4.78 is 0. The predicted octanol–water partition coefficient (Wildman–Crippen LogP) is 1.71. The topological polar surface area (TPSA) is 41.1 Å². The van der Waals surface area contributed by atoms with Crippen molar-refractivity contribution in [1.82, 2.24) is 10.6 Å². The van der Waals surface area contributed by atoms with Crippen LogP contribution in [0.15, 0.2) is 0 Å². The smallest absolute Gasteiger partial charge is 0.225 e. The Kier molecular flexibility index (Phi) is 5.56. The molecule has 3 nitrogen and oxygen atoms in total. The minimum absolute atomic E-state index is 0. The van der Waals surface area contributed by atoms with Gasteiger partial charge in [0, 0.05) is 19.1 Å². The average Bonchev–Trinajstić information content (AvgIpc) is 2.15. The van der Waals surface area contributed by atoms with Crippen LogP contribution in [0.3, 0.4) is 0 Å². The molecule has 1 saturated heterocycles. The monoisotopic (exact) mass is 246 g/mol. The fourth-order valence-electron chi connectivity index (χ4n) is 2.66. The molecule has 0 aromatic rings. The highest BCUT2D eigenvalue weighted by Crippen LogP contribution is 2.27. The van der Waals surface area contributed by atoms with Crippen molar-refractivity contribution in [2.45, 2.75) is 45.1 Å². The van der Waals surface area contributed by atoms with E-state index < -0.39 is 0 Å². The minimum atomic E-state index is 0. The van der Waals surface area contributed by atoms with Gasteiger partial charge in [0.15, 0.2) is 0 Å². The minimum Gasteiger partial charge on any atom is -0.353 e. The summed E-state index contributed by atoms with van der Waals surface area (Å²) in [6.45, 7) is 3.98. The van der Waals surface area contributed by atoms with E-state index in [2.05, 4.69) is 17.6 Å². The molecule has 2 fully saturated rings. The highest BCUT2D eigenvalue weighted by Gasteiger charge is 2.30. The van der Waals surface area contributed by atoms with Gasteiger partial charge in [-0.1, -0.05) is 26.2 Å². The second-order valence-corrected chi connectivity index (χ2v) is 4.92. The predicted molar refractivity (Wildman–Crippen MR) is 67.8 cm³/mol. The summed E-state index contributed by atoms with van der Waals surface area (Å²) in [5.41, 5.74) is 0. The number of rotatable bonds is 3. The van der Waals surface area contributed by atoms with Gasteiger partial charge in [0.2, 0.25) is 5.91 Å². The Bertz CT molecular complexity index is 231. The third-order valence-electron chi connectivity index (χ3n) is 3.91. The van der Waals surface area contributed by atoms with E-state index >= 15 is 0 Å². The van der Waals surface area contributed by atoms with E-state index in [0.717, 1.165) is 19.0 Å². The molecule has 1 aliphatic heterocycles. The normalized spacial score (nSPS) is 30.1. The van der Waals surface area contributed by atoms with Crippen LogP contribution in [0.4, 0.5) is 0 Å². The summed E-state index contributed by atoms with van der Waals surface area (Å²) in [6, 6.07) is 0.455. The summed E-state index contributed by atoms with van der Waals surface area (Å²) in [5, 5.41) is 6.39. The molecule has 2 unspecified atom stereocenters. The molecule has 2 rings (SSSR count). The van der Waals surface area contributed by atoms with Gasteiger partial charge in [-0.15, -0.1) is 12.4 Å². The van der Waals surface area contributed by atoms with Crippen LogP contribution >= 0.6 is 12.4 Å². The second-order valence-electron chi connectivity index (χ2n) is 4.92. The Morgan fingerprint density at radius 2 is 2.00 bits per heavy atom. The van der Waals surface area contributed by atoms with Crippen LogP contribution in [0.25, 0.3) is 0 Å². The van der Waals surface area contributed by atoms with Gasteiger partial charge in [-0.25, -0.2) is 0 Å². The maximum Gasteiger partial charge on any atom is 0.225 e. The number of hydrogen-bond acceptors (Lipinski definition) is 2. The molecule has 94 valence electrons. The highest BCUT2D eigenvalue weighted by atomic mass is 35.5. The molecule has 4 heteroatoms. The van der Waals surface area contributed by atoms with E-state index in [9.17, 15) is 4.79 Å². The van der Waals surface area contributed by atoms with E-state index in [0.29, 0.717) is 6.04 Å². The SMILES string of the molecule is CCC1CCCCC1NC(=O)C1CNC1.Cl. The summed E-state index contributed by atoms with van der Waals surface area (Å²) in [6.07, 6.45) is 6.31. The molecule has 2 atom stereocenters. The van der Waals surface area contributed by atoms with Gasteiger partial charge in [-0.05, 0) is 18.8 Å². The molecule has 0 spiro atoms. The summed E-state index contributed by atoms with van der Waals surface area (Å²) in [4.78, 5) is 11.8. The van der Waals surface area contributed by atoms with Gasteiger partial charge in [-0.3, -0.25) is 4.79 Å². The highest BCUT2D eigenvalue weighted by molar-refractivity contribution is 5.85. The van der Waals surface area contributed by atoms with Crippen LogP contribution in [-0.4, -0.2) is 25.0 Å². The molecule has 1 heterocycles. The molecule has 0 aromatic heterocycles. The van der Waals surface area contributed by atoms with Crippen LogP contribution in [-0.2, 0) is 4.79 Å². The zero-order valence-electron chi connectivity index (χ0n) is 10.00. The van der Waals surface area contributed by atoms with Crippen molar-refractivity contribution in [3.63, 3.8) is 0 Å². The van der Waals surface area contributed by atoms with Crippen molar-refractivity contribution in [3.05, 3.63) is 0 Å². The van der Waals surface area contributed by atoms with Gasteiger partial charge in [0.1, 0.15) is 0 Å². The van der Waals surface area contributed by atoms with E-state index in [4.69, 9.17) is 0 Å². The first kappa shape index (κ1) is 13.8. The number of carbonyl (C=O) groups is 1. The van der Waals surface area contributed by atoms with Crippen LogP contribution in [0.5, 0.6) is 0 Å². The largest absolute Gasteiger partial charge is 0.353 e. The molecule has 2 N–H and O–H groups in total. The van der Waals surface area contributed by atoms with Gasteiger partial charge >= 0.3 is 0 Å². The van der Waals surface area contributed by atoms with Crippen molar-refractivity contribution >= 4 is 18.3 Å². The molecule has 0 bridgehead atoms. The standard InChI is InChI=1S/C12H22N2O.ClH/c1-2-9-5-3-4-6-11(9)14-12(15)10-7-13-8-10;/h9-11,13H,2-8H2,1H3,(H,14,15);1H. The van der Waals surface area contributed by atoms with Gasteiger partial charge in [0.05, 0.1) is 5.92 Å². The zero-order valence-corrected chi connectivity index (χ0v) is 10.8. The number of hydrogen-bond donors (Lipinski definition) is 2. The van der Waals surface area contributed by atoms with Gasteiger partial charge in [-0.2, -0.15) is 0 Å². The molecule has 1 aliphatic carbocycles. The average molecular weight is 247 g/mol. The number of nitrogens with one attached hydrogen (secondary N) is 2. The lowest BCUT2D eigenvalue weighted by Crippen LogP contribution is -2.54. The third-order valence-corrected chi connectivity index (χ3v) is 3.91. The van der Waals surface area contributed by atoms with E-state index in [1.165, 1.54) is 32.1 Å². The second kappa shape index (κ2) is 6.45. The zero-order chi connectivity index (χ0) is 10.7. The van der Waals surface area contributed by atoms with E-state index in [1.54, 1.807) is 0 Å². The van der Waals surface area contributed by atoms with E-state index in [1.807, 2.05) is 0 Å². The van der Waals surface area contributed by atoms with Crippen LogP contribution in [0.1, 0.15) is 39.0 Å². The molecular formula is C12H23ClN2O. The van der Waals surface area contributed by atoms with Crippen LogP contribution in [0.2, 0.25) is 0 Å². The number of halogens is 1. The van der Waals surface area contributed by atoms with Crippen molar-refractivity contribution in [2.75, 3.05) is 13.1 Å². The third kappa shape index (κ3) is 3.11. The molecule has 2 aliphatic rings. The number of amides is 1. The summed E-state index contributed by atoms with van der Waals surface area (Å²) in [7, 11) is 0. The lowest BCUT2D eigenvalue weighted by atomic mass is 9.82. The quantitative estimate of drug-likeness (QED) is 0.796. The summed E-state index contributed by atoms with van der Waals surface area (Å²) in [5.74, 6) is 1.24.